The molecule has 49 heavy (non-hydrogen) atoms. The molecule has 0 bridgehead atoms. The first kappa shape index (κ1) is 50.6. The third kappa shape index (κ3) is 61.0. The highest BCUT2D eigenvalue weighted by Gasteiger charge is 2.11. The smallest absolute Gasteiger partial charge is 0.120 e. The summed E-state index contributed by atoms with van der Waals surface area (Å²) < 4.78 is 11.2. The number of para-hydroxylation sites is 2. The molecule has 2 heteroatoms. The van der Waals surface area contributed by atoms with E-state index in [1.807, 2.05) is 81.4 Å². The second-order valence-electron chi connectivity index (χ2n) is 20.9. The zero-order valence-electron chi connectivity index (χ0n) is 36.4. The van der Waals surface area contributed by atoms with Gasteiger partial charge in [-0.1, -0.05) is 191 Å². The lowest BCUT2D eigenvalue weighted by molar-refractivity contribution is 0.131. The molecule has 0 aliphatic carbocycles. The Bertz CT molecular complexity index is 1040. The van der Waals surface area contributed by atoms with E-state index in [-0.39, 0.29) is 11.0 Å². The molecule has 0 radical (unpaired) electrons. The van der Waals surface area contributed by atoms with Crippen LogP contribution in [0.5, 0.6) is 11.5 Å². The Hall–Kier alpha value is -2.74. The highest BCUT2D eigenvalue weighted by molar-refractivity contribution is 5.22. The topological polar surface area (TPSA) is 18.5 Å². The Morgan fingerprint density at radius 2 is 0.653 bits per heavy atom. The number of ether oxygens (including phenoxy) is 2. The summed E-state index contributed by atoms with van der Waals surface area (Å²) in [5.74, 6) is 1.88. The van der Waals surface area contributed by atoms with Gasteiger partial charge in [0.25, 0.3) is 0 Å². The molecule has 0 unspecified atom stereocenters. The fraction of sp³-hybridized carbons (Fsp3) is 0.617. The third-order valence-corrected chi connectivity index (χ3v) is 4.16. The minimum atomic E-state index is -0.0959. The number of rotatable bonds is 4. The van der Waals surface area contributed by atoms with E-state index < -0.39 is 0 Å². The number of hydrogen-bond donors (Lipinski definition) is 0. The van der Waals surface area contributed by atoms with Crippen LogP contribution in [0.2, 0.25) is 0 Å². The van der Waals surface area contributed by atoms with Gasteiger partial charge in [-0.15, -0.1) is 0 Å². The molecule has 0 atom stereocenters. The van der Waals surface area contributed by atoms with Gasteiger partial charge in [-0.3, -0.25) is 0 Å². The largest absolute Gasteiger partial charge is 0.493 e. The Labute approximate surface area is 307 Å². The third-order valence-electron chi connectivity index (χ3n) is 4.16. The van der Waals surface area contributed by atoms with Crippen molar-refractivity contribution in [3.05, 3.63) is 96.6 Å². The zero-order chi connectivity index (χ0) is 39.2. The average molecular weight is 679 g/mol. The molecule has 0 amide bonds. The monoisotopic (exact) mass is 679 g/mol. The van der Waals surface area contributed by atoms with Gasteiger partial charge in [-0.05, 0) is 84.1 Å². The van der Waals surface area contributed by atoms with Crippen molar-refractivity contribution in [2.75, 3.05) is 6.61 Å². The molecule has 3 aromatic rings. The van der Waals surface area contributed by atoms with Gasteiger partial charge in [0.15, 0.2) is 0 Å². The van der Waals surface area contributed by atoms with Gasteiger partial charge in [-0.25, -0.2) is 0 Å². The molecular weight excluding hydrogens is 597 g/mol. The van der Waals surface area contributed by atoms with Crippen LogP contribution in [-0.4, -0.2) is 12.2 Å². The van der Waals surface area contributed by atoms with E-state index >= 15 is 0 Å². The molecule has 0 aliphatic heterocycles. The maximum atomic E-state index is 5.60. The lowest BCUT2D eigenvalue weighted by Crippen LogP contribution is -2.22. The fourth-order valence-electron chi connectivity index (χ4n) is 2.87. The second-order valence-corrected chi connectivity index (χ2v) is 20.9. The van der Waals surface area contributed by atoms with E-state index in [1.54, 1.807) is 0 Å². The van der Waals surface area contributed by atoms with Gasteiger partial charge in [0.05, 0.1) is 6.61 Å². The van der Waals surface area contributed by atoms with Crippen molar-refractivity contribution in [2.45, 2.75) is 157 Å². The summed E-state index contributed by atoms with van der Waals surface area (Å²) in [6, 6.07) is 30.4. The predicted octanol–water partition coefficient (Wildman–Crippen LogP) is 15.4. The van der Waals surface area contributed by atoms with Crippen LogP contribution >= 0.6 is 0 Å². The standard InChI is InChI=1S/C11H16O.C11H16.C10H14O.3C5H12/c1-11(2,3)9-12-10-7-5-4-6-8-10;1-11(2,3)9-10-7-5-4-6-8-10;1-10(2,3)11-9-7-5-4-6-8-9;3*1-5(2,3)4/h4-8H,9H2,1-3H3;4-8H,9H2,1-3H3;4-8H,1-3H3;3*1-4H3. The lowest BCUT2D eigenvalue weighted by atomic mass is 9.88. The van der Waals surface area contributed by atoms with Gasteiger partial charge in [-0.2, -0.15) is 0 Å². The van der Waals surface area contributed by atoms with Crippen molar-refractivity contribution in [1.29, 1.82) is 0 Å². The SMILES string of the molecule is CC(C)(C)C.CC(C)(C)C.CC(C)(C)C.CC(C)(C)COc1ccccc1.CC(C)(C)Cc1ccccc1.CC(C)(C)Oc1ccccc1. The summed E-state index contributed by atoms with van der Waals surface area (Å²) in [5, 5.41) is 0. The number of hydrogen-bond acceptors (Lipinski definition) is 2. The summed E-state index contributed by atoms with van der Waals surface area (Å²) in [6.45, 7) is 46.4. The minimum absolute atomic E-state index is 0.0959. The van der Waals surface area contributed by atoms with Crippen LogP contribution in [0.25, 0.3) is 0 Å². The second kappa shape index (κ2) is 23.6. The minimum Gasteiger partial charge on any atom is -0.493 e. The molecule has 0 heterocycles. The molecule has 0 N–H and O–H groups in total. The van der Waals surface area contributed by atoms with Crippen LogP contribution in [0.15, 0.2) is 91.0 Å². The molecule has 3 aromatic carbocycles. The fourth-order valence-corrected chi connectivity index (χ4v) is 2.87. The Kier molecular flexibility index (Phi) is 24.4. The lowest BCUT2D eigenvalue weighted by Gasteiger charge is -2.20. The Balaban J connectivity index is -0.000000541. The maximum absolute atomic E-state index is 5.60. The highest BCUT2D eigenvalue weighted by atomic mass is 16.5. The van der Waals surface area contributed by atoms with Gasteiger partial charge in [0.2, 0.25) is 0 Å². The normalized spacial score (nSPS) is 11.5. The summed E-state index contributed by atoms with van der Waals surface area (Å²) in [7, 11) is 0. The summed E-state index contributed by atoms with van der Waals surface area (Å²) in [6.07, 6.45) is 1.16. The van der Waals surface area contributed by atoms with E-state index in [0.29, 0.717) is 21.7 Å². The molecule has 0 aromatic heterocycles. The Morgan fingerprint density at radius 1 is 0.367 bits per heavy atom. The zero-order valence-corrected chi connectivity index (χ0v) is 36.4. The van der Waals surface area contributed by atoms with Crippen LogP contribution in [0.3, 0.4) is 0 Å². The summed E-state index contributed by atoms with van der Waals surface area (Å²) >= 11 is 0. The van der Waals surface area contributed by atoms with E-state index in [9.17, 15) is 0 Å². The van der Waals surface area contributed by atoms with Crippen LogP contribution in [0.1, 0.15) is 151 Å². The van der Waals surface area contributed by atoms with Gasteiger partial charge in [0.1, 0.15) is 17.1 Å². The van der Waals surface area contributed by atoms with Gasteiger partial charge >= 0.3 is 0 Å². The van der Waals surface area contributed by atoms with E-state index in [2.05, 4.69) is 155 Å². The van der Waals surface area contributed by atoms with E-state index in [0.717, 1.165) is 24.5 Å². The van der Waals surface area contributed by atoms with Crippen LogP contribution < -0.4 is 9.47 Å². The first-order chi connectivity index (χ1) is 21.7. The highest BCUT2D eigenvalue weighted by Crippen LogP contribution is 2.20. The van der Waals surface area contributed by atoms with Crippen LogP contribution in [0.4, 0.5) is 0 Å². The first-order valence-electron chi connectivity index (χ1n) is 18.2. The van der Waals surface area contributed by atoms with Crippen molar-refractivity contribution in [2.24, 2.45) is 27.1 Å². The molecule has 0 saturated heterocycles. The number of benzene rings is 3. The Morgan fingerprint density at radius 3 is 0.918 bits per heavy atom. The predicted molar refractivity (Wildman–Crippen MR) is 223 cm³/mol. The first-order valence-corrected chi connectivity index (χ1v) is 18.2. The average Bonchev–Trinajstić information content (AvgIpc) is 2.85. The van der Waals surface area contributed by atoms with Crippen molar-refractivity contribution in [1.82, 2.24) is 0 Å². The van der Waals surface area contributed by atoms with Crippen molar-refractivity contribution < 1.29 is 9.47 Å². The van der Waals surface area contributed by atoms with E-state index in [1.165, 1.54) is 5.56 Å². The van der Waals surface area contributed by atoms with Gasteiger partial charge in [0, 0.05) is 0 Å². The van der Waals surface area contributed by atoms with Crippen LogP contribution in [0, 0.1) is 27.1 Å². The van der Waals surface area contributed by atoms with Gasteiger partial charge < -0.3 is 9.47 Å². The van der Waals surface area contributed by atoms with E-state index in [4.69, 9.17) is 9.47 Å². The molecule has 282 valence electrons. The van der Waals surface area contributed by atoms with Crippen molar-refractivity contribution >= 4 is 0 Å². The molecular formula is C47H82O2. The molecule has 0 saturated carbocycles. The molecule has 0 spiro atoms. The molecule has 0 aliphatic rings. The summed E-state index contributed by atoms with van der Waals surface area (Å²) in [5.41, 5.74) is 3.47. The van der Waals surface area contributed by atoms with Crippen molar-refractivity contribution in [3.8, 4) is 11.5 Å². The molecule has 2 nitrogen and oxygen atoms in total. The van der Waals surface area contributed by atoms with Crippen molar-refractivity contribution in [3.63, 3.8) is 0 Å². The van der Waals surface area contributed by atoms with Crippen LogP contribution in [-0.2, 0) is 6.42 Å². The maximum Gasteiger partial charge on any atom is 0.120 e. The molecule has 0 fully saturated rings. The summed E-state index contributed by atoms with van der Waals surface area (Å²) in [4.78, 5) is 0. The quantitative estimate of drug-likeness (QED) is 0.273. The molecule has 3 rings (SSSR count).